The molecule has 16 heavy (non-hydrogen) atoms. The minimum absolute atomic E-state index is 0.133. The SMILES string of the molecule is N#CCC(=O)N[C@@H](CO)Cc1ccccc1. The van der Waals surface area contributed by atoms with E-state index in [1.807, 2.05) is 30.3 Å². The van der Waals surface area contributed by atoms with Crippen molar-refractivity contribution in [1.29, 1.82) is 5.26 Å². The third kappa shape index (κ3) is 4.11. The van der Waals surface area contributed by atoms with Crippen molar-refractivity contribution < 1.29 is 9.90 Å². The van der Waals surface area contributed by atoms with E-state index >= 15 is 0 Å². The molecule has 0 spiro atoms. The molecule has 0 aliphatic carbocycles. The van der Waals surface area contributed by atoms with Crippen molar-refractivity contribution in [1.82, 2.24) is 5.32 Å². The number of carbonyl (C=O) groups excluding carboxylic acids is 1. The molecule has 0 bridgehead atoms. The molecule has 0 saturated carbocycles. The molecule has 1 aromatic carbocycles. The number of nitriles is 1. The van der Waals surface area contributed by atoms with Gasteiger partial charge in [0.2, 0.25) is 5.91 Å². The Morgan fingerprint density at radius 1 is 1.44 bits per heavy atom. The predicted octanol–water partition coefficient (Wildman–Crippen LogP) is 0.620. The van der Waals surface area contributed by atoms with E-state index in [2.05, 4.69) is 5.32 Å². The largest absolute Gasteiger partial charge is 0.394 e. The smallest absolute Gasteiger partial charge is 0.234 e. The van der Waals surface area contributed by atoms with E-state index in [4.69, 9.17) is 10.4 Å². The lowest BCUT2D eigenvalue weighted by Crippen LogP contribution is -2.38. The maximum Gasteiger partial charge on any atom is 0.234 e. The molecule has 0 radical (unpaired) electrons. The van der Waals surface area contributed by atoms with Gasteiger partial charge in [-0.15, -0.1) is 0 Å². The number of benzene rings is 1. The first-order chi connectivity index (χ1) is 7.76. The summed E-state index contributed by atoms with van der Waals surface area (Å²) in [6.07, 6.45) is 0.389. The molecule has 84 valence electrons. The average molecular weight is 218 g/mol. The first kappa shape index (κ1) is 12.2. The van der Waals surface area contributed by atoms with Crippen molar-refractivity contribution in [2.75, 3.05) is 6.61 Å². The molecule has 0 aliphatic heterocycles. The number of hydrogen-bond acceptors (Lipinski definition) is 3. The fraction of sp³-hybridized carbons (Fsp3) is 0.333. The van der Waals surface area contributed by atoms with Crippen LogP contribution in [-0.4, -0.2) is 23.7 Å². The summed E-state index contributed by atoms with van der Waals surface area (Å²) in [5.74, 6) is -0.350. The second-order valence-corrected chi connectivity index (χ2v) is 3.47. The number of rotatable bonds is 5. The fourth-order valence-corrected chi connectivity index (χ4v) is 1.41. The molecule has 4 nitrogen and oxygen atoms in total. The first-order valence-electron chi connectivity index (χ1n) is 5.07. The summed E-state index contributed by atoms with van der Waals surface area (Å²) in [5.41, 5.74) is 1.04. The topological polar surface area (TPSA) is 73.1 Å². The van der Waals surface area contributed by atoms with Gasteiger partial charge in [-0.1, -0.05) is 30.3 Å². The van der Waals surface area contributed by atoms with Gasteiger partial charge in [-0.3, -0.25) is 4.79 Å². The van der Waals surface area contributed by atoms with Gasteiger partial charge in [0.25, 0.3) is 0 Å². The summed E-state index contributed by atoms with van der Waals surface area (Å²) in [5, 5.41) is 20.1. The molecule has 1 rings (SSSR count). The van der Waals surface area contributed by atoms with Crippen LogP contribution in [0.15, 0.2) is 30.3 Å². The minimum atomic E-state index is -0.350. The Bertz CT molecular complexity index is 370. The van der Waals surface area contributed by atoms with E-state index in [1.165, 1.54) is 0 Å². The number of carbonyl (C=O) groups is 1. The molecule has 1 amide bonds. The zero-order chi connectivity index (χ0) is 11.8. The van der Waals surface area contributed by atoms with Crippen molar-refractivity contribution in [2.45, 2.75) is 18.9 Å². The number of hydrogen-bond donors (Lipinski definition) is 2. The van der Waals surface area contributed by atoms with Crippen molar-refractivity contribution in [3.8, 4) is 6.07 Å². The van der Waals surface area contributed by atoms with Crippen LogP contribution in [0.25, 0.3) is 0 Å². The normalized spacial score (nSPS) is 11.5. The third-order valence-electron chi connectivity index (χ3n) is 2.15. The van der Waals surface area contributed by atoms with Crippen molar-refractivity contribution in [2.24, 2.45) is 0 Å². The van der Waals surface area contributed by atoms with Crippen LogP contribution in [0.5, 0.6) is 0 Å². The van der Waals surface area contributed by atoms with Gasteiger partial charge in [0.05, 0.1) is 18.7 Å². The Labute approximate surface area is 94.5 Å². The Morgan fingerprint density at radius 2 is 2.12 bits per heavy atom. The van der Waals surface area contributed by atoms with Gasteiger partial charge in [-0.2, -0.15) is 5.26 Å². The van der Waals surface area contributed by atoms with Crippen LogP contribution in [0.4, 0.5) is 0 Å². The Balaban J connectivity index is 2.50. The predicted molar refractivity (Wildman–Crippen MR) is 59.4 cm³/mol. The maximum atomic E-state index is 11.2. The lowest BCUT2D eigenvalue weighted by molar-refractivity contribution is -0.121. The zero-order valence-electron chi connectivity index (χ0n) is 8.89. The van der Waals surface area contributed by atoms with E-state index < -0.39 is 0 Å². The van der Waals surface area contributed by atoms with Crippen LogP contribution in [-0.2, 0) is 11.2 Å². The van der Waals surface area contributed by atoms with Crippen LogP contribution < -0.4 is 5.32 Å². The number of nitrogens with one attached hydrogen (secondary N) is 1. The van der Waals surface area contributed by atoms with Gasteiger partial charge in [0, 0.05) is 0 Å². The standard InChI is InChI=1S/C12H14N2O2/c13-7-6-12(16)14-11(9-15)8-10-4-2-1-3-5-10/h1-5,11,15H,6,8-9H2,(H,14,16)/t11-/m1/s1. The van der Waals surface area contributed by atoms with Gasteiger partial charge in [0.1, 0.15) is 6.42 Å². The maximum absolute atomic E-state index is 11.2. The third-order valence-corrected chi connectivity index (χ3v) is 2.15. The summed E-state index contributed by atoms with van der Waals surface area (Å²) < 4.78 is 0. The van der Waals surface area contributed by atoms with Gasteiger partial charge in [-0.05, 0) is 12.0 Å². The van der Waals surface area contributed by atoms with Gasteiger partial charge < -0.3 is 10.4 Å². The average Bonchev–Trinajstić information content (AvgIpc) is 2.30. The van der Waals surface area contributed by atoms with Crippen molar-refractivity contribution in [3.05, 3.63) is 35.9 Å². The Kier molecular flexibility index (Phi) is 5.03. The molecule has 4 heteroatoms. The fourth-order valence-electron chi connectivity index (χ4n) is 1.41. The second-order valence-electron chi connectivity index (χ2n) is 3.47. The number of aliphatic hydroxyl groups is 1. The van der Waals surface area contributed by atoms with Crippen LogP contribution in [0, 0.1) is 11.3 Å². The monoisotopic (exact) mass is 218 g/mol. The summed E-state index contributed by atoms with van der Waals surface area (Å²) in [7, 11) is 0. The molecule has 0 heterocycles. The minimum Gasteiger partial charge on any atom is -0.394 e. The summed E-state index contributed by atoms with van der Waals surface area (Å²) in [6, 6.07) is 11.0. The highest BCUT2D eigenvalue weighted by Crippen LogP contribution is 2.02. The molecular formula is C12H14N2O2. The summed E-state index contributed by atoms with van der Waals surface area (Å²) in [6.45, 7) is -0.133. The highest BCUT2D eigenvalue weighted by atomic mass is 16.3. The molecule has 0 unspecified atom stereocenters. The van der Waals surface area contributed by atoms with Crippen LogP contribution in [0.2, 0.25) is 0 Å². The number of nitrogens with zero attached hydrogens (tertiary/aromatic N) is 1. The van der Waals surface area contributed by atoms with E-state index in [1.54, 1.807) is 6.07 Å². The molecule has 0 fully saturated rings. The highest BCUT2D eigenvalue weighted by molar-refractivity contribution is 5.78. The molecule has 2 N–H and O–H groups in total. The van der Waals surface area contributed by atoms with E-state index in [9.17, 15) is 4.79 Å². The molecule has 1 atom stereocenters. The second kappa shape index (κ2) is 6.59. The van der Waals surface area contributed by atoms with E-state index in [0.29, 0.717) is 6.42 Å². The van der Waals surface area contributed by atoms with Gasteiger partial charge in [-0.25, -0.2) is 0 Å². The highest BCUT2D eigenvalue weighted by Gasteiger charge is 2.11. The molecule has 0 saturated heterocycles. The number of amides is 1. The quantitative estimate of drug-likeness (QED) is 0.761. The van der Waals surface area contributed by atoms with Gasteiger partial charge >= 0.3 is 0 Å². The van der Waals surface area contributed by atoms with Crippen LogP contribution in [0.3, 0.4) is 0 Å². The van der Waals surface area contributed by atoms with Crippen LogP contribution >= 0.6 is 0 Å². The molecule has 0 aliphatic rings. The lowest BCUT2D eigenvalue weighted by Gasteiger charge is -2.15. The van der Waals surface area contributed by atoms with Crippen molar-refractivity contribution in [3.63, 3.8) is 0 Å². The Hall–Kier alpha value is -1.86. The zero-order valence-corrected chi connectivity index (χ0v) is 8.89. The molecule has 0 aromatic heterocycles. The van der Waals surface area contributed by atoms with Gasteiger partial charge in [0.15, 0.2) is 0 Å². The molecular weight excluding hydrogens is 204 g/mol. The molecule has 1 aromatic rings. The number of aliphatic hydroxyl groups excluding tert-OH is 1. The van der Waals surface area contributed by atoms with Crippen molar-refractivity contribution >= 4 is 5.91 Å². The first-order valence-corrected chi connectivity index (χ1v) is 5.07. The van der Waals surface area contributed by atoms with E-state index in [0.717, 1.165) is 5.56 Å². The lowest BCUT2D eigenvalue weighted by atomic mass is 10.1. The van der Waals surface area contributed by atoms with E-state index in [-0.39, 0.29) is 25.0 Å². The summed E-state index contributed by atoms with van der Waals surface area (Å²) >= 11 is 0. The summed E-state index contributed by atoms with van der Waals surface area (Å²) in [4.78, 5) is 11.2. The van der Waals surface area contributed by atoms with Crippen LogP contribution in [0.1, 0.15) is 12.0 Å². The Morgan fingerprint density at radius 3 is 2.69 bits per heavy atom.